The minimum Gasteiger partial charge on any atom is -0.478 e. The van der Waals surface area contributed by atoms with Crippen LogP contribution in [0.2, 0.25) is 0 Å². The summed E-state index contributed by atoms with van der Waals surface area (Å²) in [6, 6.07) is 13.2. The maximum absolute atomic E-state index is 9.55. The molecule has 12 nitrogen and oxygen atoms in total. The smallest absolute Gasteiger partial charge is 0.328 e. The second-order valence-corrected chi connectivity index (χ2v) is 10.4. The van der Waals surface area contributed by atoms with Crippen molar-refractivity contribution in [3.63, 3.8) is 0 Å². The lowest BCUT2D eigenvalue weighted by Crippen LogP contribution is -2.39. The molecule has 0 radical (unpaired) electrons. The predicted octanol–water partition coefficient (Wildman–Crippen LogP) is 4.37. The van der Waals surface area contributed by atoms with Gasteiger partial charge in [-0.3, -0.25) is 4.90 Å². The van der Waals surface area contributed by atoms with Gasteiger partial charge in [0.25, 0.3) is 0 Å². The van der Waals surface area contributed by atoms with Gasteiger partial charge in [-0.05, 0) is 102 Å². The molecule has 0 bridgehead atoms. The summed E-state index contributed by atoms with van der Waals surface area (Å²) >= 11 is 0. The third-order valence-corrected chi connectivity index (χ3v) is 7.09. The average molecular weight is 609 g/mol. The number of nitriles is 1. The minimum absolute atomic E-state index is 0.0444. The molecule has 2 saturated heterocycles. The largest absolute Gasteiger partial charge is 0.478 e. The highest BCUT2D eigenvalue weighted by Crippen LogP contribution is 2.33. The van der Waals surface area contributed by atoms with Crippen molar-refractivity contribution < 1.29 is 38.5 Å². The van der Waals surface area contributed by atoms with Crippen LogP contribution in [0, 0.1) is 24.2 Å². The molecular formula is C32H40N4O8. The number of fused-ring (bicyclic) bond motifs is 1. The Kier molecular flexibility index (Phi) is 13.8. The summed E-state index contributed by atoms with van der Waals surface area (Å²) < 4.78 is 22.9. The van der Waals surface area contributed by atoms with E-state index in [0.717, 1.165) is 73.7 Å². The number of hydrogen-bond donors (Lipinski definition) is 3. The number of aryl methyl sites for hydroxylation is 2. The normalized spacial score (nSPS) is 15.7. The Morgan fingerprint density at radius 3 is 2.25 bits per heavy atom. The highest BCUT2D eigenvalue weighted by Gasteiger charge is 2.25. The molecular weight excluding hydrogens is 568 g/mol. The maximum atomic E-state index is 9.55. The maximum Gasteiger partial charge on any atom is 0.328 e. The fourth-order valence-corrected chi connectivity index (χ4v) is 4.85. The van der Waals surface area contributed by atoms with Crippen LogP contribution in [0.5, 0.6) is 11.5 Å². The van der Waals surface area contributed by atoms with Gasteiger partial charge in [-0.15, -0.1) is 0 Å². The molecule has 0 aliphatic carbocycles. The number of hydrogen-bond acceptors (Lipinski definition) is 10. The summed E-state index contributed by atoms with van der Waals surface area (Å²) in [4.78, 5) is 21.6. The summed E-state index contributed by atoms with van der Waals surface area (Å²) in [5.74, 6) is -0.385. The minimum atomic E-state index is -1.26. The molecule has 0 amide bonds. The summed E-state index contributed by atoms with van der Waals surface area (Å²) in [5.41, 5.74) is 3.34. The van der Waals surface area contributed by atoms with Gasteiger partial charge < -0.3 is 34.3 Å². The van der Waals surface area contributed by atoms with Crippen molar-refractivity contribution >= 4 is 22.9 Å². The number of nitrogens with zero attached hydrogens (tertiary/aromatic N) is 3. The van der Waals surface area contributed by atoms with Crippen molar-refractivity contribution in [1.82, 2.24) is 15.4 Å². The number of carbonyl (C=O) groups is 2. The Bertz CT molecular complexity index is 1400. The molecule has 3 N–H and O–H groups in total. The lowest BCUT2D eigenvalue weighted by Gasteiger charge is -2.32. The van der Waals surface area contributed by atoms with E-state index < -0.39 is 11.9 Å². The van der Waals surface area contributed by atoms with E-state index in [9.17, 15) is 9.59 Å². The number of aliphatic carboxylic acids is 2. The standard InChI is InChI=1S/C26H29N3O4.C4H4O4.C2H7N/c1-18-24(32-21-5-2-20(16-27)3-6-21)9-7-22-23(28-33-26(18)22)8-4-19-10-12-29(13-11-19)17-25-30-14-15-31-25;5-3(6)1-2-4(7)8;1-3-2/h2-3,5-7,9,19,25H,4,8,10-15,17H2,1H3;1-2H,(H,5,6)(H,7,8);3H,1-2H3. The highest BCUT2D eigenvalue weighted by atomic mass is 16.7. The first kappa shape index (κ1) is 34.2. The summed E-state index contributed by atoms with van der Waals surface area (Å²) in [5, 5.41) is 32.8. The van der Waals surface area contributed by atoms with E-state index in [4.69, 9.17) is 34.2 Å². The van der Waals surface area contributed by atoms with Gasteiger partial charge in [0.2, 0.25) is 0 Å². The van der Waals surface area contributed by atoms with Crippen LogP contribution in [0.1, 0.15) is 36.1 Å². The van der Waals surface area contributed by atoms with Crippen molar-refractivity contribution in [2.75, 3.05) is 46.9 Å². The van der Waals surface area contributed by atoms with E-state index in [2.05, 4.69) is 21.4 Å². The molecule has 3 aromatic rings. The van der Waals surface area contributed by atoms with Crippen molar-refractivity contribution in [3.8, 4) is 17.6 Å². The first-order chi connectivity index (χ1) is 21.2. The van der Waals surface area contributed by atoms with Crippen LogP contribution in [-0.4, -0.2) is 85.4 Å². The highest BCUT2D eigenvalue weighted by molar-refractivity contribution is 5.89. The number of rotatable bonds is 9. The zero-order chi connectivity index (χ0) is 31.9. The van der Waals surface area contributed by atoms with E-state index in [1.807, 2.05) is 33.2 Å². The fourth-order valence-electron chi connectivity index (χ4n) is 4.85. The monoisotopic (exact) mass is 608 g/mol. The second-order valence-electron chi connectivity index (χ2n) is 10.4. The fraction of sp³-hybridized carbons (Fsp3) is 0.438. The summed E-state index contributed by atoms with van der Waals surface area (Å²) in [6.45, 7) is 6.51. The van der Waals surface area contributed by atoms with Gasteiger partial charge in [0.1, 0.15) is 11.5 Å². The molecule has 2 aromatic carbocycles. The predicted molar refractivity (Wildman–Crippen MR) is 163 cm³/mol. The van der Waals surface area contributed by atoms with Gasteiger partial charge in [-0.2, -0.15) is 5.26 Å². The topological polar surface area (TPSA) is 167 Å². The Morgan fingerprint density at radius 2 is 1.68 bits per heavy atom. The van der Waals surface area contributed by atoms with Crippen LogP contribution in [0.25, 0.3) is 11.0 Å². The molecule has 2 fully saturated rings. The molecule has 0 unspecified atom stereocenters. The van der Waals surface area contributed by atoms with Crippen molar-refractivity contribution in [2.45, 2.75) is 38.9 Å². The first-order valence-corrected chi connectivity index (χ1v) is 14.5. The number of carboxylic acids is 2. The molecule has 0 atom stereocenters. The van der Waals surface area contributed by atoms with Crippen LogP contribution < -0.4 is 10.1 Å². The van der Waals surface area contributed by atoms with Crippen LogP contribution in [-0.2, 0) is 25.5 Å². The van der Waals surface area contributed by atoms with Gasteiger partial charge >= 0.3 is 11.9 Å². The Balaban J connectivity index is 0.000000415. The number of nitrogens with one attached hydrogen (secondary N) is 1. The molecule has 3 heterocycles. The van der Waals surface area contributed by atoms with E-state index >= 15 is 0 Å². The Labute approximate surface area is 256 Å². The van der Waals surface area contributed by atoms with Gasteiger partial charge in [-0.1, -0.05) is 5.16 Å². The van der Waals surface area contributed by atoms with Gasteiger partial charge in [-0.25, -0.2) is 9.59 Å². The number of ether oxygens (including phenoxy) is 3. The number of aromatic nitrogens is 1. The number of piperidine rings is 1. The molecule has 2 aliphatic rings. The molecule has 5 rings (SSSR count). The van der Waals surface area contributed by atoms with Crippen LogP contribution in [0.3, 0.4) is 0 Å². The van der Waals surface area contributed by atoms with Crippen LogP contribution in [0.4, 0.5) is 0 Å². The summed E-state index contributed by atoms with van der Waals surface area (Å²) in [6.07, 6.45) is 5.51. The number of benzene rings is 2. The van der Waals surface area contributed by atoms with Crippen molar-refractivity contribution in [3.05, 3.63) is 65.4 Å². The molecule has 236 valence electrons. The third-order valence-electron chi connectivity index (χ3n) is 7.09. The van der Waals surface area contributed by atoms with E-state index in [1.54, 1.807) is 24.3 Å². The average Bonchev–Trinajstić information content (AvgIpc) is 3.69. The molecule has 44 heavy (non-hydrogen) atoms. The van der Waals surface area contributed by atoms with Gasteiger partial charge in [0.05, 0.1) is 30.5 Å². The third kappa shape index (κ3) is 10.8. The molecule has 0 saturated carbocycles. The zero-order valence-corrected chi connectivity index (χ0v) is 25.3. The van der Waals surface area contributed by atoms with Gasteiger partial charge in [0, 0.05) is 29.6 Å². The number of likely N-dealkylation sites (tertiary alicyclic amines) is 1. The van der Waals surface area contributed by atoms with E-state index in [1.165, 1.54) is 12.8 Å². The van der Waals surface area contributed by atoms with Crippen molar-refractivity contribution in [1.29, 1.82) is 5.26 Å². The lowest BCUT2D eigenvalue weighted by molar-refractivity contribution is -0.134. The molecule has 12 heteroatoms. The van der Waals surface area contributed by atoms with E-state index in [-0.39, 0.29) is 6.29 Å². The number of carboxylic acid groups (broad SMARTS) is 2. The molecule has 1 aromatic heterocycles. The van der Waals surface area contributed by atoms with Crippen molar-refractivity contribution in [2.24, 2.45) is 5.92 Å². The Hall–Kier alpha value is -4.28. The van der Waals surface area contributed by atoms with Crippen LogP contribution >= 0.6 is 0 Å². The lowest BCUT2D eigenvalue weighted by atomic mass is 9.91. The SMILES string of the molecule is CNC.Cc1c(Oc2ccc(C#N)cc2)ccc2c(CCC3CCN(CC4OCCO4)CC3)noc12.O=C(O)C=CC(=O)O. The molecule has 2 aliphatic heterocycles. The zero-order valence-electron chi connectivity index (χ0n) is 25.3. The first-order valence-electron chi connectivity index (χ1n) is 14.5. The quantitative estimate of drug-likeness (QED) is 0.294. The molecule has 0 spiro atoms. The van der Waals surface area contributed by atoms with E-state index in [0.29, 0.717) is 29.4 Å². The van der Waals surface area contributed by atoms with Gasteiger partial charge in [0.15, 0.2) is 11.9 Å². The van der Waals surface area contributed by atoms with Crippen LogP contribution in [0.15, 0.2) is 53.1 Å². The summed E-state index contributed by atoms with van der Waals surface area (Å²) in [7, 11) is 3.75. The second kappa shape index (κ2) is 17.7. The Morgan fingerprint density at radius 1 is 1.07 bits per heavy atom.